The summed E-state index contributed by atoms with van der Waals surface area (Å²) in [6.45, 7) is 2.59. The lowest BCUT2D eigenvalue weighted by atomic mass is 10.0. The molecule has 620 valence electrons. The molecule has 4 N–H and O–H groups in total. The van der Waals surface area contributed by atoms with Gasteiger partial charge < -0.3 is 34.2 Å². The summed E-state index contributed by atoms with van der Waals surface area (Å²) >= 11 is 0. The summed E-state index contributed by atoms with van der Waals surface area (Å²) in [6, 6.07) is 0. The predicted molar refractivity (Wildman–Crippen MR) is 445 cm³/mol. The molecule has 5 atom stereocenters. The number of aliphatic hydroxyl groups excluding tert-OH is 2. The Labute approximate surface area is 653 Å². The van der Waals surface area contributed by atoms with E-state index in [1.165, 1.54) is 180 Å². The standard InChI is InChI=1S/C89H158O16P2/c1-4-7-10-13-16-19-22-25-28-30-32-34-36-37-38-39-40-41-42-43-44-45-47-49-50-52-55-57-60-63-66-69-72-75-87(92)99-78-84(90)79-101-106(95,96)102-80-85(91)81-103-107(97,98)104-83-86(105-89(94)77-74-71-68-65-62-59-54-27-24-21-18-15-12-9-6-3)82-100-88(93)76-73-70-67-64-61-58-56-53-51-48-46-35-33-31-29-26-23-20-17-14-11-8-5-2/h8,11,16-17,19-20,25-26,28-29,32-35,37-38,48,51,84-86,90-91H,4-7,9-10,12-15,18,21-24,27,30-31,36,39-47,49-50,52-83H2,1-3H3,(H,95,96)(H,97,98)/b11-8-,19-16-,20-17-,28-25-,29-26-,34-32-,35-33-,38-37-,51-48-. The van der Waals surface area contributed by atoms with Crippen molar-refractivity contribution in [3.05, 3.63) is 109 Å². The number of esters is 3. The van der Waals surface area contributed by atoms with Gasteiger partial charge in [0.2, 0.25) is 0 Å². The van der Waals surface area contributed by atoms with E-state index < -0.39 is 91.5 Å². The van der Waals surface area contributed by atoms with Gasteiger partial charge in [0.25, 0.3) is 0 Å². The van der Waals surface area contributed by atoms with Crippen LogP contribution in [0, 0.1) is 0 Å². The normalized spacial score (nSPS) is 14.4. The van der Waals surface area contributed by atoms with Gasteiger partial charge in [-0.1, -0.05) is 361 Å². The quantitative estimate of drug-likeness (QED) is 0.0146. The number of hydrogen-bond acceptors (Lipinski definition) is 14. The molecule has 0 radical (unpaired) electrons. The molecule has 18 heteroatoms. The first-order valence-corrected chi connectivity index (χ1v) is 46.2. The molecule has 0 saturated heterocycles. The molecule has 0 spiro atoms. The Balaban J connectivity index is 4.45. The molecule has 0 aromatic carbocycles. The van der Waals surface area contributed by atoms with Crippen molar-refractivity contribution in [1.82, 2.24) is 0 Å². The zero-order chi connectivity index (χ0) is 78.0. The summed E-state index contributed by atoms with van der Waals surface area (Å²) in [5, 5.41) is 20.7. The highest BCUT2D eigenvalue weighted by Gasteiger charge is 2.29. The molecule has 0 aromatic rings. The number of unbranched alkanes of at least 4 members (excludes halogenated alkanes) is 41. The highest BCUT2D eigenvalue weighted by molar-refractivity contribution is 7.47. The summed E-state index contributed by atoms with van der Waals surface area (Å²) in [6.07, 6.45) is 97.1. The van der Waals surface area contributed by atoms with Crippen LogP contribution in [0.25, 0.3) is 0 Å². The molecule has 0 aliphatic rings. The van der Waals surface area contributed by atoms with E-state index in [2.05, 4.69) is 130 Å². The number of allylic oxidation sites excluding steroid dienone is 18. The Morgan fingerprint density at radius 2 is 0.495 bits per heavy atom. The van der Waals surface area contributed by atoms with Gasteiger partial charge in [0.1, 0.15) is 25.4 Å². The van der Waals surface area contributed by atoms with E-state index in [9.17, 15) is 43.5 Å². The van der Waals surface area contributed by atoms with Gasteiger partial charge in [-0.15, -0.1) is 0 Å². The van der Waals surface area contributed by atoms with Gasteiger partial charge in [0.15, 0.2) is 6.10 Å². The van der Waals surface area contributed by atoms with Crippen LogP contribution in [0.4, 0.5) is 0 Å². The van der Waals surface area contributed by atoms with Crippen LogP contribution in [0.3, 0.4) is 0 Å². The van der Waals surface area contributed by atoms with Gasteiger partial charge in [-0.25, -0.2) is 9.13 Å². The summed E-state index contributed by atoms with van der Waals surface area (Å²) < 4.78 is 61.3. The molecule has 0 aliphatic heterocycles. The Morgan fingerprint density at radius 3 is 0.804 bits per heavy atom. The zero-order valence-corrected chi connectivity index (χ0v) is 69.8. The monoisotopic (exact) mass is 1550 g/mol. The van der Waals surface area contributed by atoms with Crippen LogP contribution in [0.2, 0.25) is 0 Å². The summed E-state index contributed by atoms with van der Waals surface area (Å²) in [4.78, 5) is 58.8. The van der Waals surface area contributed by atoms with E-state index in [4.69, 9.17) is 32.3 Å². The second-order valence-electron chi connectivity index (χ2n) is 29.0. The third-order valence-corrected chi connectivity index (χ3v) is 20.4. The molecule has 0 bridgehead atoms. The van der Waals surface area contributed by atoms with Gasteiger partial charge in [0, 0.05) is 19.3 Å². The Hall–Kier alpha value is -3.79. The fraction of sp³-hybridized carbons (Fsp3) is 0.764. The van der Waals surface area contributed by atoms with Crippen molar-refractivity contribution in [2.45, 2.75) is 399 Å². The average Bonchev–Trinajstić information content (AvgIpc) is 0.912. The maximum atomic E-state index is 13.0. The largest absolute Gasteiger partial charge is 0.472 e. The molecule has 107 heavy (non-hydrogen) atoms. The van der Waals surface area contributed by atoms with E-state index in [1.54, 1.807) is 0 Å². The first-order chi connectivity index (χ1) is 52.2. The molecule has 0 fully saturated rings. The number of carbonyl (C=O) groups is 3. The van der Waals surface area contributed by atoms with E-state index in [0.717, 1.165) is 141 Å². The first kappa shape index (κ1) is 103. The van der Waals surface area contributed by atoms with E-state index >= 15 is 0 Å². The number of rotatable bonds is 82. The minimum Gasteiger partial charge on any atom is -0.463 e. The molecule has 0 aliphatic carbocycles. The predicted octanol–water partition coefficient (Wildman–Crippen LogP) is 25.9. The van der Waals surface area contributed by atoms with Crippen molar-refractivity contribution in [3.63, 3.8) is 0 Å². The lowest BCUT2D eigenvalue weighted by molar-refractivity contribution is -0.161. The van der Waals surface area contributed by atoms with Crippen molar-refractivity contribution in [1.29, 1.82) is 0 Å². The van der Waals surface area contributed by atoms with Crippen LogP contribution in [0.5, 0.6) is 0 Å². The topological polar surface area (TPSA) is 231 Å². The van der Waals surface area contributed by atoms with Crippen molar-refractivity contribution in [2.24, 2.45) is 0 Å². The van der Waals surface area contributed by atoms with E-state index in [1.807, 2.05) is 0 Å². The Kier molecular flexibility index (Phi) is 78.8. The maximum Gasteiger partial charge on any atom is 0.472 e. The Bertz CT molecular complexity index is 2380. The number of phosphoric ester groups is 2. The van der Waals surface area contributed by atoms with Gasteiger partial charge >= 0.3 is 33.6 Å². The summed E-state index contributed by atoms with van der Waals surface area (Å²) in [5.41, 5.74) is 0. The molecular formula is C89H158O16P2. The molecular weight excluding hydrogens is 1390 g/mol. The van der Waals surface area contributed by atoms with Crippen molar-refractivity contribution in [2.75, 3.05) is 39.6 Å². The average molecular weight is 1550 g/mol. The maximum absolute atomic E-state index is 13.0. The van der Waals surface area contributed by atoms with E-state index in [0.29, 0.717) is 19.3 Å². The van der Waals surface area contributed by atoms with Crippen molar-refractivity contribution < 1.29 is 75.8 Å². The van der Waals surface area contributed by atoms with Crippen LogP contribution >= 0.6 is 15.6 Å². The lowest BCUT2D eigenvalue weighted by Crippen LogP contribution is -2.30. The van der Waals surface area contributed by atoms with Crippen LogP contribution < -0.4 is 0 Å². The lowest BCUT2D eigenvalue weighted by Gasteiger charge is -2.21. The number of phosphoric acid groups is 2. The molecule has 5 unspecified atom stereocenters. The SMILES string of the molecule is CC/C=C\C/C=C\C/C=C\C/C=C\C/C=C\CCCCCCCCCC(=O)OCC(COP(=O)(O)OCC(O)COP(=O)(O)OCC(O)COC(=O)CCCCCCCCCCCCCCCCCCC/C=C\C/C=C\C/C=C\C/C=C\CCCCC)OC(=O)CCCCCCCCCCCCCCCCC. The van der Waals surface area contributed by atoms with Crippen LogP contribution in [-0.4, -0.2) is 95.9 Å². The third-order valence-electron chi connectivity index (χ3n) is 18.5. The molecule has 16 nitrogen and oxygen atoms in total. The molecule has 0 saturated carbocycles. The highest BCUT2D eigenvalue weighted by Crippen LogP contribution is 2.45. The fourth-order valence-corrected chi connectivity index (χ4v) is 13.5. The minimum absolute atomic E-state index is 0.105. The van der Waals surface area contributed by atoms with Crippen LogP contribution in [0.15, 0.2) is 109 Å². The summed E-state index contributed by atoms with van der Waals surface area (Å²) in [7, 11) is -9.79. The van der Waals surface area contributed by atoms with Crippen LogP contribution in [-0.2, 0) is 55.8 Å². The summed E-state index contributed by atoms with van der Waals surface area (Å²) in [5.74, 6) is -1.57. The first-order valence-electron chi connectivity index (χ1n) is 43.2. The fourth-order valence-electron chi connectivity index (χ4n) is 11.9. The Morgan fingerprint density at radius 1 is 0.271 bits per heavy atom. The minimum atomic E-state index is -4.93. The zero-order valence-electron chi connectivity index (χ0n) is 68.0. The van der Waals surface area contributed by atoms with Gasteiger partial charge in [-0.3, -0.25) is 32.5 Å². The van der Waals surface area contributed by atoms with E-state index in [-0.39, 0.29) is 19.3 Å². The van der Waals surface area contributed by atoms with Crippen molar-refractivity contribution >= 4 is 33.6 Å². The smallest absolute Gasteiger partial charge is 0.463 e. The van der Waals surface area contributed by atoms with Crippen molar-refractivity contribution in [3.8, 4) is 0 Å². The van der Waals surface area contributed by atoms with Gasteiger partial charge in [0.05, 0.1) is 26.4 Å². The number of carbonyl (C=O) groups excluding carboxylic acids is 3. The number of ether oxygens (including phenoxy) is 3. The second kappa shape index (κ2) is 81.7. The second-order valence-corrected chi connectivity index (χ2v) is 31.9. The highest BCUT2D eigenvalue weighted by atomic mass is 31.2. The molecule has 0 rings (SSSR count). The number of aliphatic hydroxyl groups is 2. The van der Waals surface area contributed by atoms with Gasteiger partial charge in [-0.2, -0.15) is 0 Å². The molecule has 0 heterocycles. The third kappa shape index (κ3) is 83.0. The molecule has 0 aromatic heterocycles. The number of hydrogen-bond donors (Lipinski definition) is 4. The van der Waals surface area contributed by atoms with Crippen LogP contribution in [0.1, 0.15) is 380 Å². The van der Waals surface area contributed by atoms with Gasteiger partial charge in [-0.05, 0) is 109 Å². The molecule has 0 amide bonds.